The Labute approximate surface area is 138 Å². The van der Waals surface area contributed by atoms with Gasteiger partial charge in [0.15, 0.2) is 0 Å². The summed E-state index contributed by atoms with van der Waals surface area (Å²) in [6.45, 7) is 1.72. The minimum Gasteiger partial charge on any atom is -0.385 e. The van der Waals surface area contributed by atoms with E-state index in [9.17, 15) is 18.3 Å². The molecule has 0 aromatic heterocycles. The summed E-state index contributed by atoms with van der Waals surface area (Å²) < 4.78 is 43.0. The Balaban J connectivity index is 1.90. The molecule has 0 aliphatic carbocycles. The highest BCUT2D eigenvalue weighted by atomic mass is 19.4. The van der Waals surface area contributed by atoms with Crippen LogP contribution in [-0.2, 0) is 23.1 Å². The molecule has 2 aromatic rings. The van der Waals surface area contributed by atoms with Crippen LogP contribution in [0.5, 0.6) is 0 Å². The molecular formula is C18H20F3NO2. The van der Waals surface area contributed by atoms with Gasteiger partial charge in [-0.15, -0.1) is 0 Å². The molecule has 24 heavy (non-hydrogen) atoms. The molecule has 0 fully saturated rings. The summed E-state index contributed by atoms with van der Waals surface area (Å²) in [4.78, 5) is 0. The lowest BCUT2D eigenvalue weighted by atomic mass is 9.92. The number of halogens is 3. The monoisotopic (exact) mass is 339 g/mol. The molecule has 0 bridgehead atoms. The first-order valence-corrected chi connectivity index (χ1v) is 7.50. The Morgan fingerprint density at radius 3 is 2.12 bits per heavy atom. The molecule has 6 heteroatoms. The van der Waals surface area contributed by atoms with Crippen LogP contribution in [0, 0.1) is 0 Å². The smallest absolute Gasteiger partial charge is 0.385 e. The van der Waals surface area contributed by atoms with Crippen molar-refractivity contribution in [3.8, 4) is 0 Å². The van der Waals surface area contributed by atoms with Crippen molar-refractivity contribution in [3.05, 3.63) is 71.3 Å². The molecule has 3 N–H and O–H groups in total. The SMILES string of the molecule is CC(O)(CC(N)OCc1ccc(C(F)(F)F)cc1)c1ccccc1. The van der Waals surface area contributed by atoms with E-state index in [0.717, 1.165) is 17.7 Å². The van der Waals surface area contributed by atoms with Crippen LogP contribution in [0.15, 0.2) is 54.6 Å². The van der Waals surface area contributed by atoms with E-state index in [1.54, 1.807) is 19.1 Å². The van der Waals surface area contributed by atoms with E-state index in [-0.39, 0.29) is 13.0 Å². The first-order valence-electron chi connectivity index (χ1n) is 7.50. The molecule has 0 amide bonds. The first kappa shape index (κ1) is 18.4. The average molecular weight is 339 g/mol. The number of aliphatic hydroxyl groups is 1. The molecule has 2 rings (SSSR count). The second-order valence-electron chi connectivity index (χ2n) is 5.89. The van der Waals surface area contributed by atoms with E-state index in [0.29, 0.717) is 5.56 Å². The molecule has 130 valence electrons. The number of ether oxygens (including phenoxy) is 1. The zero-order valence-corrected chi connectivity index (χ0v) is 13.3. The normalized spacial score (nSPS) is 15.8. The predicted molar refractivity (Wildman–Crippen MR) is 84.8 cm³/mol. The number of hydrogen-bond acceptors (Lipinski definition) is 3. The average Bonchev–Trinajstić information content (AvgIpc) is 2.53. The van der Waals surface area contributed by atoms with Gasteiger partial charge in [-0.3, -0.25) is 0 Å². The van der Waals surface area contributed by atoms with Gasteiger partial charge in [-0.2, -0.15) is 13.2 Å². The minimum atomic E-state index is -4.36. The Morgan fingerprint density at radius 2 is 1.58 bits per heavy atom. The number of alkyl halides is 3. The highest BCUT2D eigenvalue weighted by molar-refractivity contribution is 5.24. The van der Waals surface area contributed by atoms with Crippen molar-refractivity contribution >= 4 is 0 Å². The first-order chi connectivity index (χ1) is 11.2. The van der Waals surface area contributed by atoms with Gasteiger partial charge in [-0.25, -0.2) is 0 Å². The van der Waals surface area contributed by atoms with Crippen LogP contribution in [0.3, 0.4) is 0 Å². The zero-order chi connectivity index (χ0) is 17.8. The van der Waals surface area contributed by atoms with E-state index in [2.05, 4.69) is 0 Å². The van der Waals surface area contributed by atoms with Crippen LogP contribution in [0.25, 0.3) is 0 Å². The third-order valence-electron chi connectivity index (χ3n) is 3.74. The largest absolute Gasteiger partial charge is 0.416 e. The van der Waals surface area contributed by atoms with Crippen LogP contribution in [-0.4, -0.2) is 11.3 Å². The predicted octanol–water partition coefficient (Wildman–Crippen LogP) is 3.80. The minimum absolute atomic E-state index is 0.0736. The van der Waals surface area contributed by atoms with Crippen molar-refractivity contribution < 1.29 is 23.0 Å². The van der Waals surface area contributed by atoms with Crippen molar-refractivity contribution in [2.45, 2.75) is 38.0 Å². The highest BCUT2D eigenvalue weighted by Crippen LogP contribution is 2.29. The summed E-state index contributed by atoms with van der Waals surface area (Å²) in [5.41, 5.74) is 5.33. The van der Waals surface area contributed by atoms with E-state index in [1.165, 1.54) is 12.1 Å². The van der Waals surface area contributed by atoms with Crippen molar-refractivity contribution in [2.24, 2.45) is 5.73 Å². The quantitative estimate of drug-likeness (QED) is 0.787. The van der Waals surface area contributed by atoms with Gasteiger partial charge >= 0.3 is 6.18 Å². The lowest BCUT2D eigenvalue weighted by molar-refractivity contribution is -0.137. The van der Waals surface area contributed by atoms with Crippen molar-refractivity contribution in [1.82, 2.24) is 0 Å². The molecule has 0 aliphatic heterocycles. The lowest BCUT2D eigenvalue weighted by Crippen LogP contribution is -2.34. The van der Waals surface area contributed by atoms with Crippen LogP contribution in [0.1, 0.15) is 30.0 Å². The van der Waals surface area contributed by atoms with Gasteiger partial charge in [0.1, 0.15) is 6.23 Å². The summed E-state index contributed by atoms with van der Waals surface area (Å²) >= 11 is 0. The van der Waals surface area contributed by atoms with Gasteiger partial charge in [0.2, 0.25) is 0 Å². The fraction of sp³-hybridized carbons (Fsp3) is 0.333. The van der Waals surface area contributed by atoms with Crippen LogP contribution >= 0.6 is 0 Å². The Bertz CT molecular complexity index is 640. The third kappa shape index (κ3) is 5.06. The molecule has 0 saturated heterocycles. The molecule has 0 radical (unpaired) electrons. The van der Waals surface area contributed by atoms with Crippen LogP contribution in [0.4, 0.5) is 13.2 Å². The molecule has 0 saturated carbocycles. The molecule has 3 nitrogen and oxygen atoms in total. The zero-order valence-electron chi connectivity index (χ0n) is 13.3. The highest BCUT2D eigenvalue weighted by Gasteiger charge is 2.30. The summed E-state index contributed by atoms with van der Waals surface area (Å²) in [5.74, 6) is 0. The lowest BCUT2D eigenvalue weighted by Gasteiger charge is -2.27. The Kier molecular flexibility index (Phi) is 5.64. The van der Waals surface area contributed by atoms with E-state index in [4.69, 9.17) is 10.5 Å². The summed E-state index contributed by atoms with van der Waals surface area (Å²) in [7, 11) is 0. The maximum atomic E-state index is 12.5. The van der Waals surface area contributed by atoms with Crippen molar-refractivity contribution in [3.63, 3.8) is 0 Å². The van der Waals surface area contributed by atoms with Crippen LogP contribution in [0.2, 0.25) is 0 Å². The third-order valence-corrected chi connectivity index (χ3v) is 3.74. The summed E-state index contributed by atoms with van der Waals surface area (Å²) in [5, 5.41) is 10.5. The molecule has 0 heterocycles. The standard InChI is InChI=1S/C18H20F3NO2/c1-17(23,14-5-3-2-4-6-14)11-16(22)24-12-13-7-9-15(10-8-13)18(19,20)21/h2-10,16,23H,11-12,22H2,1H3. The van der Waals surface area contributed by atoms with Gasteiger partial charge in [0.25, 0.3) is 0 Å². The van der Waals surface area contributed by atoms with Crippen molar-refractivity contribution in [1.29, 1.82) is 0 Å². The van der Waals surface area contributed by atoms with Gasteiger partial charge in [0, 0.05) is 6.42 Å². The van der Waals surface area contributed by atoms with Gasteiger partial charge < -0.3 is 15.6 Å². The topological polar surface area (TPSA) is 55.5 Å². The number of benzene rings is 2. The molecule has 0 aliphatic rings. The van der Waals surface area contributed by atoms with E-state index < -0.39 is 23.6 Å². The molecule has 2 aromatic carbocycles. The Hall–Kier alpha value is -1.89. The summed E-state index contributed by atoms with van der Waals surface area (Å²) in [6.07, 6.45) is -4.94. The van der Waals surface area contributed by atoms with Crippen molar-refractivity contribution in [2.75, 3.05) is 0 Å². The second kappa shape index (κ2) is 7.34. The molecular weight excluding hydrogens is 319 g/mol. The van der Waals surface area contributed by atoms with E-state index >= 15 is 0 Å². The van der Waals surface area contributed by atoms with E-state index in [1.807, 2.05) is 18.2 Å². The fourth-order valence-electron chi connectivity index (χ4n) is 2.36. The van der Waals surface area contributed by atoms with Gasteiger partial charge in [-0.05, 0) is 30.2 Å². The maximum absolute atomic E-state index is 12.5. The maximum Gasteiger partial charge on any atom is 0.416 e. The number of rotatable bonds is 6. The number of nitrogens with two attached hydrogens (primary N) is 1. The van der Waals surface area contributed by atoms with Gasteiger partial charge in [-0.1, -0.05) is 42.5 Å². The Morgan fingerprint density at radius 1 is 1.00 bits per heavy atom. The van der Waals surface area contributed by atoms with Crippen LogP contribution < -0.4 is 5.73 Å². The van der Waals surface area contributed by atoms with Gasteiger partial charge in [0.05, 0.1) is 17.8 Å². The molecule has 2 unspecified atom stereocenters. The molecule has 2 atom stereocenters. The second-order valence-corrected chi connectivity index (χ2v) is 5.89. The summed E-state index contributed by atoms with van der Waals surface area (Å²) in [6, 6.07) is 13.8. The fourth-order valence-corrected chi connectivity index (χ4v) is 2.36. The molecule has 0 spiro atoms. The number of hydrogen-bond donors (Lipinski definition) is 2.